The zero-order valence-electron chi connectivity index (χ0n) is 11.1. The second-order valence-electron chi connectivity index (χ2n) is 3.85. The Morgan fingerprint density at radius 1 is 1.06 bits per heavy atom. The fourth-order valence-corrected chi connectivity index (χ4v) is 1.04. The lowest BCUT2D eigenvalue weighted by atomic mass is 10.2. The number of rotatable bonds is 9. The van der Waals surface area contributed by atoms with E-state index < -0.39 is 0 Å². The smallest absolute Gasteiger partial charge is 0.129 e. The minimum atomic E-state index is 0.143. The Morgan fingerprint density at radius 3 is 2.12 bits per heavy atom. The molecule has 0 atom stereocenters. The monoisotopic (exact) mass is 232 g/mol. The van der Waals surface area contributed by atoms with Gasteiger partial charge in [-0.05, 0) is 19.8 Å². The van der Waals surface area contributed by atoms with Gasteiger partial charge in [0.25, 0.3) is 0 Å². The Morgan fingerprint density at radius 2 is 1.69 bits per heavy atom. The summed E-state index contributed by atoms with van der Waals surface area (Å²) in [5.74, 6) is 0.318. The molecule has 0 amide bonds. The van der Waals surface area contributed by atoms with Crippen LogP contribution in [0.25, 0.3) is 0 Å². The van der Waals surface area contributed by atoms with Crippen LogP contribution in [-0.2, 0) is 9.53 Å². The van der Waals surface area contributed by atoms with Crippen molar-refractivity contribution in [1.82, 2.24) is 0 Å². The summed E-state index contributed by atoms with van der Waals surface area (Å²) in [5, 5.41) is 8.24. The molecule has 0 radical (unpaired) electrons. The highest BCUT2D eigenvalue weighted by molar-refractivity contribution is 5.75. The summed E-state index contributed by atoms with van der Waals surface area (Å²) in [5.41, 5.74) is 0. The highest BCUT2D eigenvalue weighted by Crippen LogP contribution is 1.98. The van der Waals surface area contributed by atoms with Crippen molar-refractivity contribution in [3.05, 3.63) is 0 Å². The lowest BCUT2D eigenvalue weighted by Crippen LogP contribution is -1.99. The minimum absolute atomic E-state index is 0.143. The van der Waals surface area contributed by atoms with E-state index in [-0.39, 0.29) is 6.61 Å². The zero-order valence-corrected chi connectivity index (χ0v) is 11.1. The van der Waals surface area contributed by atoms with E-state index in [2.05, 4.69) is 13.8 Å². The quantitative estimate of drug-likeness (QED) is 0.622. The van der Waals surface area contributed by atoms with Gasteiger partial charge in [-0.15, -0.1) is 0 Å². The topological polar surface area (TPSA) is 46.5 Å². The molecule has 0 saturated heterocycles. The Bertz CT molecular complexity index is 129. The summed E-state index contributed by atoms with van der Waals surface area (Å²) in [6, 6.07) is 0. The molecule has 0 aromatic heterocycles. The van der Waals surface area contributed by atoms with E-state index in [1.54, 1.807) is 6.92 Å². The number of Topliss-reactive ketones (excluding diaryl/α,β-unsaturated/α-hetero) is 1. The highest BCUT2D eigenvalue weighted by Gasteiger charge is 1.89. The van der Waals surface area contributed by atoms with Gasteiger partial charge in [0.05, 0.1) is 13.2 Å². The molecular weight excluding hydrogens is 204 g/mol. The van der Waals surface area contributed by atoms with E-state index in [4.69, 9.17) is 9.84 Å². The molecule has 0 fully saturated rings. The molecule has 0 aromatic rings. The van der Waals surface area contributed by atoms with Crippen LogP contribution in [0.2, 0.25) is 0 Å². The summed E-state index contributed by atoms with van der Waals surface area (Å²) in [6.07, 6.45) is 6.50. The second kappa shape index (κ2) is 17.0. The first-order chi connectivity index (χ1) is 7.68. The normalized spacial score (nSPS) is 9.50. The summed E-state index contributed by atoms with van der Waals surface area (Å²) in [7, 11) is 0. The van der Waals surface area contributed by atoms with Crippen molar-refractivity contribution in [3.8, 4) is 0 Å². The van der Waals surface area contributed by atoms with Gasteiger partial charge in [-0.3, -0.25) is 0 Å². The van der Waals surface area contributed by atoms with E-state index in [1.165, 1.54) is 12.8 Å². The Hall–Kier alpha value is -0.410. The molecule has 0 aromatic carbocycles. The third kappa shape index (κ3) is 23.4. The van der Waals surface area contributed by atoms with Gasteiger partial charge < -0.3 is 14.6 Å². The summed E-state index contributed by atoms with van der Waals surface area (Å²) in [6.45, 7) is 7.32. The Kier molecular flexibility index (Phi) is 19.1. The maximum atomic E-state index is 10.3. The maximum Gasteiger partial charge on any atom is 0.129 e. The molecule has 0 rings (SSSR count). The molecule has 1 N–H and O–H groups in total. The van der Waals surface area contributed by atoms with Gasteiger partial charge in [0.15, 0.2) is 0 Å². The standard InChI is InChI=1S/C7H14O.C6H14O2/c1-3-4-5-6-7(2)8;1-2-3-5-8-6-4-7/h3-6H2,1-2H3;7H,2-6H2,1H3. The van der Waals surface area contributed by atoms with E-state index >= 15 is 0 Å². The number of unbranched alkanes of at least 4 members (excludes halogenated alkanes) is 3. The summed E-state index contributed by atoms with van der Waals surface area (Å²) in [4.78, 5) is 10.3. The van der Waals surface area contributed by atoms with Crippen molar-refractivity contribution in [2.75, 3.05) is 19.8 Å². The molecule has 0 bridgehead atoms. The molecule has 0 unspecified atom stereocenters. The van der Waals surface area contributed by atoms with Crippen LogP contribution in [0, 0.1) is 0 Å². The molecule has 0 spiro atoms. The predicted molar refractivity (Wildman–Crippen MR) is 67.6 cm³/mol. The summed E-state index contributed by atoms with van der Waals surface area (Å²) >= 11 is 0. The van der Waals surface area contributed by atoms with Crippen molar-refractivity contribution < 1.29 is 14.6 Å². The third-order valence-electron chi connectivity index (χ3n) is 2.01. The molecule has 98 valence electrons. The fraction of sp³-hybridized carbons (Fsp3) is 0.923. The van der Waals surface area contributed by atoms with Crippen LogP contribution in [0.4, 0.5) is 0 Å². The first kappa shape index (κ1) is 18.0. The van der Waals surface area contributed by atoms with Gasteiger partial charge in [-0.1, -0.05) is 33.1 Å². The van der Waals surface area contributed by atoms with Crippen LogP contribution < -0.4 is 0 Å². The average molecular weight is 232 g/mol. The zero-order chi connectivity index (χ0) is 12.6. The SMILES string of the molecule is CCCCCC(C)=O.CCCCOCCO. The van der Waals surface area contributed by atoms with Crippen LogP contribution >= 0.6 is 0 Å². The highest BCUT2D eigenvalue weighted by atomic mass is 16.5. The van der Waals surface area contributed by atoms with Gasteiger partial charge in [-0.25, -0.2) is 0 Å². The van der Waals surface area contributed by atoms with E-state index in [0.717, 1.165) is 32.3 Å². The number of ether oxygens (including phenoxy) is 1. The summed E-state index contributed by atoms with van der Waals surface area (Å²) < 4.78 is 4.97. The van der Waals surface area contributed by atoms with Gasteiger partial charge >= 0.3 is 0 Å². The van der Waals surface area contributed by atoms with Crippen LogP contribution in [0.3, 0.4) is 0 Å². The molecule has 0 saturated carbocycles. The number of hydrogen-bond donors (Lipinski definition) is 1. The van der Waals surface area contributed by atoms with E-state index in [0.29, 0.717) is 12.4 Å². The van der Waals surface area contributed by atoms with E-state index in [1.807, 2.05) is 0 Å². The van der Waals surface area contributed by atoms with Crippen molar-refractivity contribution in [1.29, 1.82) is 0 Å². The van der Waals surface area contributed by atoms with Crippen molar-refractivity contribution in [3.63, 3.8) is 0 Å². The van der Waals surface area contributed by atoms with Gasteiger partial charge in [-0.2, -0.15) is 0 Å². The third-order valence-corrected chi connectivity index (χ3v) is 2.01. The van der Waals surface area contributed by atoms with Crippen LogP contribution in [0.15, 0.2) is 0 Å². The van der Waals surface area contributed by atoms with Crippen LogP contribution in [0.5, 0.6) is 0 Å². The first-order valence-corrected chi connectivity index (χ1v) is 6.37. The molecule has 0 aliphatic carbocycles. The van der Waals surface area contributed by atoms with E-state index in [9.17, 15) is 4.79 Å². The molecule has 3 nitrogen and oxygen atoms in total. The molecule has 0 aliphatic rings. The molecular formula is C13H28O3. The van der Waals surface area contributed by atoms with Crippen molar-refractivity contribution >= 4 is 5.78 Å². The molecule has 0 aliphatic heterocycles. The fourth-order valence-electron chi connectivity index (χ4n) is 1.04. The average Bonchev–Trinajstić information content (AvgIpc) is 2.25. The van der Waals surface area contributed by atoms with Gasteiger partial charge in [0.2, 0.25) is 0 Å². The van der Waals surface area contributed by atoms with Crippen molar-refractivity contribution in [2.24, 2.45) is 0 Å². The minimum Gasteiger partial charge on any atom is -0.394 e. The Labute approximate surface area is 100 Å². The number of carbonyl (C=O) groups excluding carboxylic acids is 1. The number of carbonyl (C=O) groups is 1. The number of ketones is 1. The first-order valence-electron chi connectivity index (χ1n) is 6.37. The Balaban J connectivity index is 0. The number of aliphatic hydroxyl groups excluding tert-OH is 1. The molecule has 0 heterocycles. The maximum absolute atomic E-state index is 10.3. The van der Waals surface area contributed by atoms with Gasteiger partial charge in [0.1, 0.15) is 5.78 Å². The lowest BCUT2D eigenvalue weighted by molar-refractivity contribution is -0.117. The second-order valence-corrected chi connectivity index (χ2v) is 3.85. The van der Waals surface area contributed by atoms with Crippen LogP contribution in [0.1, 0.15) is 59.3 Å². The number of hydrogen-bond acceptors (Lipinski definition) is 3. The molecule has 16 heavy (non-hydrogen) atoms. The predicted octanol–water partition coefficient (Wildman–Crippen LogP) is 2.95. The molecule has 3 heteroatoms. The van der Waals surface area contributed by atoms with Crippen LogP contribution in [-0.4, -0.2) is 30.7 Å². The van der Waals surface area contributed by atoms with Gasteiger partial charge in [0, 0.05) is 13.0 Å². The number of aliphatic hydroxyl groups is 1. The lowest BCUT2D eigenvalue weighted by Gasteiger charge is -1.97. The largest absolute Gasteiger partial charge is 0.394 e. The van der Waals surface area contributed by atoms with Crippen molar-refractivity contribution in [2.45, 2.75) is 59.3 Å².